The lowest BCUT2D eigenvalue weighted by Gasteiger charge is -2.19. The monoisotopic (exact) mass is 588 g/mol. The zero-order valence-electron chi connectivity index (χ0n) is 27.2. The number of carbonyl (C=O) groups is 4. The highest BCUT2D eigenvalue weighted by atomic mass is 16.6. The van der Waals surface area contributed by atoms with Crippen molar-refractivity contribution >= 4 is 24.1 Å². The zero-order valence-corrected chi connectivity index (χ0v) is 27.2. The fraction of sp³-hybridized carbons (Fsp3) is 0.871. The van der Waals surface area contributed by atoms with Crippen molar-refractivity contribution in [2.75, 3.05) is 13.1 Å². The highest BCUT2D eigenvalue weighted by molar-refractivity contribution is 5.69. The molecule has 0 fully saturated rings. The number of esters is 1. The molecule has 0 aliphatic rings. The Kier molecular flexibility index (Phi) is 23.9. The van der Waals surface area contributed by atoms with Crippen LogP contribution in [0.5, 0.6) is 0 Å². The smallest absolute Gasteiger partial charge is 0.407 e. The Bertz CT molecular complexity index is 714. The number of nitrogens with one attached hydrogen (secondary N) is 2. The molecule has 10 nitrogen and oxygen atoms in total. The van der Waals surface area contributed by atoms with Gasteiger partial charge in [-0.05, 0) is 86.5 Å². The second-order valence-electron chi connectivity index (χ2n) is 12.2. The number of hydrogen-bond acceptors (Lipinski definition) is 7. The standard InChI is InChI=1S/C20H39NO4.C11H21NO4/c1-6-8-9-11-14-17(7-2)24-18(22)15-12-10-13-16-21-19(23)25-20(3,4)5;1-11(2,3)16-10(15)12-8-6-4-5-7-9(13)14/h17H,6-16H2,1-5H3,(H,21,23);4-8H2,1-3H3,(H,12,15)(H,13,14). The van der Waals surface area contributed by atoms with Crippen LogP contribution in [0.1, 0.15) is 145 Å². The van der Waals surface area contributed by atoms with Crippen LogP contribution in [0.3, 0.4) is 0 Å². The first-order valence-corrected chi connectivity index (χ1v) is 15.4. The fourth-order valence-corrected chi connectivity index (χ4v) is 3.55. The Morgan fingerprint density at radius 2 is 1.12 bits per heavy atom. The molecule has 242 valence electrons. The van der Waals surface area contributed by atoms with Gasteiger partial charge >= 0.3 is 24.1 Å². The lowest BCUT2D eigenvalue weighted by Crippen LogP contribution is -2.33. The van der Waals surface area contributed by atoms with Crippen molar-refractivity contribution in [3.8, 4) is 0 Å². The number of unbranched alkanes of at least 4 members (excludes halogenated alkanes) is 7. The third-order valence-corrected chi connectivity index (χ3v) is 5.59. The van der Waals surface area contributed by atoms with E-state index in [1.165, 1.54) is 19.3 Å². The highest BCUT2D eigenvalue weighted by Gasteiger charge is 2.16. The van der Waals surface area contributed by atoms with E-state index >= 15 is 0 Å². The van der Waals surface area contributed by atoms with Gasteiger partial charge in [0, 0.05) is 25.9 Å². The van der Waals surface area contributed by atoms with Crippen molar-refractivity contribution in [2.24, 2.45) is 0 Å². The summed E-state index contributed by atoms with van der Waals surface area (Å²) >= 11 is 0. The molecule has 0 bridgehead atoms. The lowest BCUT2D eigenvalue weighted by atomic mass is 10.1. The van der Waals surface area contributed by atoms with E-state index < -0.39 is 23.3 Å². The van der Waals surface area contributed by atoms with Crippen molar-refractivity contribution in [3.05, 3.63) is 0 Å². The minimum absolute atomic E-state index is 0.0678. The quantitative estimate of drug-likeness (QED) is 0.0799. The molecule has 0 aromatic carbocycles. The van der Waals surface area contributed by atoms with Crippen LogP contribution in [0.4, 0.5) is 9.59 Å². The van der Waals surface area contributed by atoms with Gasteiger partial charge in [0.25, 0.3) is 0 Å². The van der Waals surface area contributed by atoms with Crippen LogP contribution in [0.15, 0.2) is 0 Å². The van der Waals surface area contributed by atoms with Crippen molar-refractivity contribution in [3.63, 3.8) is 0 Å². The molecule has 10 heteroatoms. The summed E-state index contributed by atoms with van der Waals surface area (Å²) in [6.45, 7) is 16.3. The summed E-state index contributed by atoms with van der Waals surface area (Å²) in [5, 5.41) is 13.7. The molecule has 41 heavy (non-hydrogen) atoms. The molecule has 1 unspecified atom stereocenters. The Morgan fingerprint density at radius 1 is 0.659 bits per heavy atom. The van der Waals surface area contributed by atoms with Crippen LogP contribution in [0, 0.1) is 0 Å². The number of rotatable bonds is 19. The Balaban J connectivity index is 0. The summed E-state index contributed by atoms with van der Waals surface area (Å²) in [5.74, 6) is -0.873. The molecule has 0 radical (unpaired) electrons. The summed E-state index contributed by atoms with van der Waals surface area (Å²) in [7, 11) is 0. The maximum absolute atomic E-state index is 11.9. The van der Waals surface area contributed by atoms with Gasteiger partial charge in [0.15, 0.2) is 0 Å². The summed E-state index contributed by atoms with van der Waals surface area (Å²) in [4.78, 5) is 44.7. The molecule has 3 N–H and O–H groups in total. The Labute approximate surface area is 249 Å². The molecule has 0 saturated heterocycles. The number of carboxylic acids is 1. The Morgan fingerprint density at radius 3 is 1.54 bits per heavy atom. The number of alkyl carbamates (subject to hydrolysis) is 2. The van der Waals surface area contributed by atoms with Crippen LogP contribution in [0.25, 0.3) is 0 Å². The van der Waals surface area contributed by atoms with Gasteiger partial charge < -0.3 is 30.0 Å². The van der Waals surface area contributed by atoms with Gasteiger partial charge in [0.2, 0.25) is 0 Å². The lowest BCUT2D eigenvalue weighted by molar-refractivity contribution is -0.149. The summed E-state index contributed by atoms with van der Waals surface area (Å²) < 4.78 is 15.8. The van der Waals surface area contributed by atoms with E-state index in [1.807, 2.05) is 20.8 Å². The maximum atomic E-state index is 11.9. The molecular weight excluding hydrogens is 528 g/mol. The summed E-state index contributed by atoms with van der Waals surface area (Å²) in [6.07, 6.45) is 11.3. The van der Waals surface area contributed by atoms with Gasteiger partial charge in [-0.3, -0.25) is 9.59 Å². The average molecular weight is 589 g/mol. The molecule has 0 aromatic heterocycles. The first kappa shape index (κ1) is 40.6. The summed E-state index contributed by atoms with van der Waals surface area (Å²) in [6, 6.07) is 0. The molecule has 0 rings (SSSR count). The number of carboxylic acid groups (broad SMARTS) is 1. The molecular formula is C31H60N2O8. The van der Waals surface area contributed by atoms with E-state index in [1.54, 1.807) is 20.8 Å². The Hall–Kier alpha value is -2.52. The number of amides is 2. The van der Waals surface area contributed by atoms with Crippen LogP contribution in [-0.4, -0.2) is 59.6 Å². The minimum Gasteiger partial charge on any atom is -0.481 e. The molecule has 0 aromatic rings. The van der Waals surface area contributed by atoms with Crippen molar-refractivity contribution in [1.29, 1.82) is 0 Å². The van der Waals surface area contributed by atoms with E-state index in [2.05, 4.69) is 24.5 Å². The fourth-order valence-electron chi connectivity index (χ4n) is 3.55. The van der Waals surface area contributed by atoms with E-state index in [-0.39, 0.29) is 24.6 Å². The van der Waals surface area contributed by atoms with E-state index in [0.29, 0.717) is 25.9 Å². The van der Waals surface area contributed by atoms with Gasteiger partial charge in [-0.2, -0.15) is 0 Å². The second-order valence-corrected chi connectivity index (χ2v) is 12.2. The van der Waals surface area contributed by atoms with Gasteiger partial charge in [0.1, 0.15) is 17.3 Å². The van der Waals surface area contributed by atoms with Crippen molar-refractivity contribution in [2.45, 2.75) is 163 Å². The number of aliphatic carboxylic acids is 1. The summed E-state index contributed by atoms with van der Waals surface area (Å²) in [5.41, 5.74) is -0.951. The predicted molar refractivity (Wildman–Crippen MR) is 162 cm³/mol. The third kappa shape index (κ3) is 33.6. The van der Waals surface area contributed by atoms with Gasteiger partial charge in [-0.25, -0.2) is 9.59 Å². The van der Waals surface area contributed by atoms with Gasteiger partial charge in [-0.15, -0.1) is 0 Å². The van der Waals surface area contributed by atoms with E-state index in [4.69, 9.17) is 19.3 Å². The largest absolute Gasteiger partial charge is 0.481 e. The second kappa shape index (κ2) is 24.1. The van der Waals surface area contributed by atoms with Crippen molar-refractivity contribution in [1.82, 2.24) is 10.6 Å². The van der Waals surface area contributed by atoms with Crippen molar-refractivity contribution < 1.29 is 38.5 Å². The topological polar surface area (TPSA) is 140 Å². The molecule has 0 aliphatic carbocycles. The molecule has 0 heterocycles. The maximum Gasteiger partial charge on any atom is 0.407 e. The van der Waals surface area contributed by atoms with Gasteiger partial charge in [0.05, 0.1) is 0 Å². The zero-order chi connectivity index (χ0) is 31.7. The number of hydrogen-bond donors (Lipinski definition) is 3. The molecule has 0 aliphatic heterocycles. The van der Waals surface area contributed by atoms with Gasteiger partial charge in [-0.1, -0.05) is 46.0 Å². The van der Waals surface area contributed by atoms with Crippen LogP contribution in [-0.2, 0) is 23.8 Å². The molecule has 0 spiro atoms. The third-order valence-electron chi connectivity index (χ3n) is 5.59. The van der Waals surface area contributed by atoms with E-state index in [0.717, 1.165) is 51.4 Å². The predicted octanol–water partition coefficient (Wildman–Crippen LogP) is 7.52. The molecule has 2 amide bonds. The number of ether oxygens (including phenoxy) is 3. The van der Waals surface area contributed by atoms with Crippen LogP contribution < -0.4 is 10.6 Å². The molecule has 1 atom stereocenters. The molecule has 0 saturated carbocycles. The first-order valence-electron chi connectivity index (χ1n) is 15.4. The highest BCUT2D eigenvalue weighted by Crippen LogP contribution is 2.13. The van der Waals surface area contributed by atoms with Crippen LogP contribution in [0.2, 0.25) is 0 Å². The van der Waals surface area contributed by atoms with Crippen LogP contribution >= 0.6 is 0 Å². The first-order chi connectivity index (χ1) is 19.1. The minimum atomic E-state index is -0.778. The van der Waals surface area contributed by atoms with E-state index in [9.17, 15) is 19.2 Å². The average Bonchev–Trinajstić information content (AvgIpc) is 2.83. The SMILES string of the molecule is CC(C)(C)OC(=O)NCCCCCC(=O)O.CCCCCCC(CC)OC(=O)CCCCCNC(=O)OC(C)(C)C. The normalized spacial score (nSPS) is 11.9. The number of carbonyl (C=O) groups excluding carboxylic acids is 3.